The van der Waals surface area contributed by atoms with Crippen molar-refractivity contribution in [1.29, 1.82) is 0 Å². The maximum absolute atomic E-state index is 11.0. The molecule has 1 fully saturated rings. The third kappa shape index (κ3) is 1.67. The summed E-state index contributed by atoms with van der Waals surface area (Å²) in [7, 11) is 0. The van der Waals surface area contributed by atoms with Crippen molar-refractivity contribution < 1.29 is 9.59 Å². The summed E-state index contributed by atoms with van der Waals surface area (Å²) in [5.74, 6) is -0.0340. The van der Waals surface area contributed by atoms with Crippen LogP contribution in [-0.4, -0.2) is 30.2 Å². The summed E-state index contributed by atoms with van der Waals surface area (Å²) < 4.78 is 0. The normalized spacial score (nSPS) is 23.3. The topological polar surface area (TPSA) is 37.4 Å². The Hall–Kier alpha value is -1.12. The molecule has 0 aromatic heterocycles. The third-order valence-corrected chi connectivity index (χ3v) is 1.90. The fraction of sp³-hybridized carbons (Fsp3) is 0.500. The first kappa shape index (κ1) is 7.98. The van der Waals surface area contributed by atoms with Gasteiger partial charge in [0.25, 0.3) is 0 Å². The van der Waals surface area contributed by atoms with Crippen molar-refractivity contribution in [1.82, 2.24) is 4.90 Å². The molecule has 0 aromatic rings. The van der Waals surface area contributed by atoms with Crippen LogP contribution in [-0.2, 0) is 9.59 Å². The molecule has 11 heavy (non-hydrogen) atoms. The molecule has 0 spiro atoms. The Balaban J connectivity index is 2.47. The van der Waals surface area contributed by atoms with E-state index in [2.05, 4.69) is 6.58 Å². The summed E-state index contributed by atoms with van der Waals surface area (Å²) in [4.78, 5) is 22.9. The number of hydrogen-bond acceptors (Lipinski definition) is 2. The molecule has 1 aliphatic rings. The predicted molar refractivity (Wildman–Crippen MR) is 40.9 cm³/mol. The number of nitrogens with zero attached hydrogens (tertiary/aromatic N) is 1. The molecule has 1 atom stereocenters. The molecule has 1 heterocycles. The van der Waals surface area contributed by atoms with Gasteiger partial charge in [0.15, 0.2) is 0 Å². The predicted octanol–water partition coefficient (Wildman–Crippen LogP) is 0.220. The molecule has 3 heteroatoms. The van der Waals surface area contributed by atoms with Crippen molar-refractivity contribution in [3.05, 3.63) is 12.7 Å². The number of hydrogen-bond donors (Lipinski definition) is 0. The highest BCUT2D eigenvalue weighted by atomic mass is 16.2. The summed E-state index contributed by atoms with van der Waals surface area (Å²) in [5.41, 5.74) is 0. The van der Waals surface area contributed by atoms with Gasteiger partial charge in [0.2, 0.25) is 5.91 Å². The van der Waals surface area contributed by atoms with Gasteiger partial charge in [-0.1, -0.05) is 6.58 Å². The molecule has 0 aromatic carbocycles. The molecule has 0 N–H and O–H groups in total. The van der Waals surface area contributed by atoms with E-state index in [1.165, 1.54) is 6.08 Å². The van der Waals surface area contributed by atoms with Crippen LogP contribution in [0.15, 0.2) is 12.7 Å². The van der Waals surface area contributed by atoms with Gasteiger partial charge in [0, 0.05) is 19.0 Å². The SMILES string of the molecule is C=CC(=O)N1CCC(C=O)C1. The van der Waals surface area contributed by atoms with Crippen molar-refractivity contribution in [2.45, 2.75) is 6.42 Å². The monoisotopic (exact) mass is 153 g/mol. The molecule has 3 nitrogen and oxygen atoms in total. The van der Waals surface area contributed by atoms with E-state index < -0.39 is 0 Å². The number of rotatable bonds is 2. The Morgan fingerprint density at radius 1 is 1.64 bits per heavy atom. The number of likely N-dealkylation sites (tertiary alicyclic amines) is 1. The standard InChI is InChI=1S/C8H11NO2/c1-2-8(11)9-4-3-7(5-9)6-10/h2,6-7H,1,3-5H2. The lowest BCUT2D eigenvalue weighted by Crippen LogP contribution is -2.26. The van der Waals surface area contributed by atoms with Gasteiger partial charge < -0.3 is 9.69 Å². The first-order chi connectivity index (χ1) is 5.27. The van der Waals surface area contributed by atoms with E-state index in [0.29, 0.717) is 13.1 Å². The fourth-order valence-electron chi connectivity index (χ4n) is 1.23. The Bertz CT molecular complexity index is 189. The lowest BCUT2D eigenvalue weighted by Gasteiger charge is -2.11. The van der Waals surface area contributed by atoms with Crippen LogP contribution in [0.3, 0.4) is 0 Å². The summed E-state index contributed by atoms with van der Waals surface area (Å²) in [5, 5.41) is 0. The zero-order valence-electron chi connectivity index (χ0n) is 6.32. The molecule has 1 saturated heterocycles. The molecule has 1 aliphatic heterocycles. The van der Waals surface area contributed by atoms with E-state index in [9.17, 15) is 9.59 Å². The molecule has 1 unspecified atom stereocenters. The maximum Gasteiger partial charge on any atom is 0.245 e. The van der Waals surface area contributed by atoms with E-state index in [-0.39, 0.29) is 11.8 Å². The van der Waals surface area contributed by atoms with Crippen LogP contribution < -0.4 is 0 Å². The second-order valence-electron chi connectivity index (χ2n) is 2.67. The van der Waals surface area contributed by atoms with Crippen LogP contribution in [0.25, 0.3) is 0 Å². The van der Waals surface area contributed by atoms with E-state index >= 15 is 0 Å². The minimum atomic E-state index is -0.0747. The zero-order valence-corrected chi connectivity index (χ0v) is 6.32. The highest BCUT2D eigenvalue weighted by Gasteiger charge is 2.23. The van der Waals surface area contributed by atoms with Gasteiger partial charge in [-0.3, -0.25) is 4.79 Å². The largest absolute Gasteiger partial charge is 0.338 e. The van der Waals surface area contributed by atoms with Gasteiger partial charge >= 0.3 is 0 Å². The number of aldehydes is 1. The minimum absolute atomic E-state index is 0.0406. The molecule has 0 saturated carbocycles. The summed E-state index contributed by atoms with van der Waals surface area (Å²) >= 11 is 0. The highest BCUT2D eigenvalue weighted by molar-refractivity contribution is 5.87. The van der Waals surface area contributed by atoms with Crippen LogP contribution in [0.4, 0.5) is 0 Å². The number of amides is 1. The van der Waals surface area contributed by atoms with Crippen molar-refractivity contribution >= 4 is 12.2 Å². The Morgan fingerprint density at radius 2 is 2.36 bits per heavy atom. The molecule has 1 rings (SSSR count). The summed E-state index contributed by atoms with van der Waals surface area (Å²) in [6.45, 7) is 4.63. The first-order valence-corrected chi connectivity index (χ1v) is 3.64. The summed E-state index contributed by atoms with van der Waals surface area (Å²) in [6, 6.07) is 0. The van der Waals surface area contributed by atoms with Crippen molar-refractivity contribution in [3.63, 3.8) is 0 Å². The van der Waals surface area contributed by atoms with Crippen LogP contribution >= 0.6 is 0 Å². The average Bonchev–Trinajstić information content (AvgIpc) is 2.50. The smallest absolute Gasteiger partial charge is 0.245 e. The maximum atomic E-state index is 11.0. The Labute approximate surface area is 65.7 Å². The van der Waals surface area contributed by atoms with E-state index in [4.69, 9.17) is 0 Å². The van der Waals surface area contributed by atoms with Gasteiger partial charge in [-0.05, 0) is 12.5 Å². The minimum Gasteiger partial charge on any atom is -0.338 e. The lowest BCUT2D eigenvalue weighted by molar-refractivity contribution is -0.125. The highest BCUT2D eigenvalue weighted by Crippen LogP contribution is 2.13. The first-order valence-electron chi connectivity index (χ1n) is 3.64. The average molecular weight is 153 g/mol. The third-order valence-electron chi connectivity index (χ3n) is 1.90. The van der Waals surface area contributed by atoms with Gasteiger partial charge in [0.05, 0.1) is 0 Å². The van der Waals surface area contributed by atoms with Crippen molar-refractivity contribution in [2.75, 3.05) is 13.1 Å². The van der Waals surface area contributed by atoms with Gasteiger partial charge in [-0.15, -0.1) is 0 Å². The molecule has 0 radical (unpaired) electrons. The van der Waals surface area contributed by atoms with Crippen LogP contribution in [0.2, 0.25) is 0 Å². The molecule has 0 aliphatic carbocycles. The second kappa shape index (κ2) is 3.32. The molecule has 60 valence electrons. The quantitative estimate of drug-likeness (QED) is 0.420. The van der Waals surface area contributed by atoms with Crippen molar-refractivity contribution in [3.8, 4) is 0 Å². The summed E-state index contributed by atoms with van der Waals surface area (Å²) in [6.07, 6.45) is 2.99. The second-order valence-corrected chi connectivity index (χ2v) is 2.67. The van der Waals surface area contributed by atoms with Crippen LogP contribution in [0, 0.1) is 5.92 Å². The van der Waals surface area contributed by atoms with E-state index in [0.717, 1.165) is 12.7 Å². The number of carbonyl (C=O) groups is 2. The van der Waals surface area contributed by atoms with E-state index in [1.54, 1.807) is 4.90 Å². The van der Waals surface area contributed by atoms with Gasteiger partial charge in [0.1, 0.15) is 6.29 Å². The van der Waals surface area contributed by atoms with Crippen LogP contribution in [0.1, 0.15) is 6.42 Å². The molecular weight excluding hydrogens is 142 g/mol. The molecule has 1 amide bonds. The fourth-order valence-corrected chi connectivity index (χ4v) is 1.23. The molecular formula is C8H11NO2. The van der Waals surface area contributed by atoms with Gasteiger partial charge in [-0.2, -0.15) is 0 Å². The van der Waals surface area contributed by atoms with Crippen molar-refractivity contribution in [2.24, 2.45) is 5.92 Å². The van der Waals surface area contributed by atoms with E-state index in [1.807, 2.05) is 0 Å². The Kier molecular flexibility index (Phi) is 2.41. The zero-order chi connectivity index (χ0) is 8.27. The van der Waals surface area contributed by atoms with Crippen LogP contribution in [0.5, 0.6) is 0 Å². The number of carbonyl (C=O) groups excluding carboxylic acids is 2. The Morgan fingerprint density at radius 3 is 2.82 bits per heavy atom. The molecule has 0 bridgehead atoms. The lowest BCUT2D eigenvalue weighted by atomic mass is 10.1. The van der Waals surface area contributed by atoms with Gasteiger partial charge in [-0.25, -0.2) is 0 Å².